The van der Waals surface area contributed by atoms with E-state index in [4.69, 9.17) is 5.11 Å². The SMILES string of the molecule is O=C(O)CCN1CCN(CC(=O)N2CCCCC2)CC1. The number of hydrogen-bond donors (Lipinski definition) is 1. The van der Waals surface area contributed by atoms with E-state index >= 15 is 0 Å². The van der Waals surface area contributed by atoms with Crippen molar-refractivity contribution in [2.24, 2.45) is 0 Å². The van der Waals surface area contributed by atoms with Gasteiger partial charge in [-0.15, -0.1) is 0 Å². The molecule has 0 radical (unpaired) electrons. The monoisotopic (exact) mass is 283 g/mol. The summed E-state index contributed by atoms with van der Waals surface area (Å²) in [7, 11) is 0. The minimum Gasteiger partial charge on any atom is -0.481 e. The van der Waals surface area contributed by atoms with Crippen molar-refractivity contribution in [1.29, 1.82) is 0 Å². The van der Waals surface area contributed by atoms with Crippen molar-refractivity contribution in [3.05, 3.63) is 0 Å². The number of rotatable bonds is 5. The minimum absolute atomic E-state index is 0.201. The Bertz CT molecular complexity index is 335. The smallest absolute Gasteiger partial charge is 0.304 e. The maximum absolute atomic E-state index is 12.2. The average Bonchev–Trinajstić information content (AvgIpc) is 2.47. The summed E-state index contributed by atoms with van der Waals surface area (Å²) in [4.78, 5) is 29.0. The van der Waals surface area contributed by atoms with Crippen molar-refractivity contribution in [2.45, 2.75) is 25.7 Å². The highest BCUT2D eigenvalue weighted by atomic mass is 16.4. The lowest BCUT2D eigenvalue weighted by molar-refractivity contribution is -0.137. The molecule has 2 aliphatic heterocycles. The molecule has 0 aromatic heterocycles. The summed E-state index contributed by atoms with van der Waals surface area (Å²) in [5.74, 6) is -0.489. The van der Waals surface area contributed by atoms with Crippen LogP contribution in [0.1, 0.15) is 25.7 Å². The van der Waals surface area contributed by atoms with Gasteiger partial charge in [0, 0.05) is 45.8 Å². The highest BCUT2D eigenvalue weighted by Gasteiger charge is 2.22. The number of nitrogens with zero attached hydrogens (tertiary/aromatic N) is 3. The van der Waals surface area contributed by atoms with E-state index < -0.39 is 5.97 Å². The van der Waals surface area contributed by atoms with Crippen molar-refractivity contribution in [3.63, 3.8) is 0 Å². The number of carboxylic acids is 1. The molecule has 1 amide bonds. The Balaban J connectivity index is 1.66. The van der Waals surface area contributed by atoms with Crippen LogP contribution in [0.15, 0.2) is 0 Å². The van der Waals surface area contributed by atoms with Crippen LogP contribution >= 0.6 is 0 Å². The molecule has 2 aliphatic rings. The van der Waals surface area contributed by atoms with Gasteiger partial charge in [0.05, 0.1) is 13.0 Å². The van der Waals surface area contributed by atoms with Crippen molar-refractivity contribution < 1.29 is 14.7 Å². The molecule has 0 aliphatic carbocycles. The van der Waals surface area contributed by atoms with Crippen LogP contribution in [-0.4, -0.2) is 84.0 Å². The van der Waals surface area contributed by atoms with Crippen molar-refractivity contribution in [1.82, 2.24) is 14.7 Å². The molecule has 0 spiro atoms. The fourth-order valence-corrected chi connectivity index (χ4v) is 2.86. The molecule has 6 heteroatoms. The van der Waals surface area contributed by atoms with Crippen molar-refractivity contribution in [2.75, 3.05) is 52.4 Å². The number of carboxylic acid groups (broad SMARTS) is 1. The van der Waals surface area contributed by atoms with Crippen LogP contribution < -0.4 is 0 Å². The number of hydrogen-bond acceptors (Lipinski definition) is 4. The summed E-state index contributed by atoms with van der Waals surface area (Å²) in [6.45, 7) is 6.41. The molecule has 114 valence electrons. The Morgan fingerprint density at radius 2 is 1.45 bits per heavy atom. The van der Waals surface area contributed by atoms with Crippen LogP contribution in [0.2, 0.25) is 0 Å². The zero-order chi connectivity index (χ0) is 14.4. The van der Waals surface area contributed by atoms with Crippen LogP contribution in [0, 0.1) is 0 Å². The molecular formula is C14H25N3O3. The second-order valence-electron chi connectivity index (χ2n) is 5.70. The average molecular weight is 283 g/mol. The quantitative estimate of drug-likeness (QED) is 0.775. The van der Waals surface area contributed by atoms with E-state index in [1.165, 1.54) is 6.42 Å². The molecule has 2 fully saturated rings. The topological polar surface area (TPSA) is 64.1 Å². The number of carbonyl (C=O) groups is 2. The zero-order valence-corrected chi connectivity index (χ0v) is 12.1. The largest absolute Gasteiger partial charge is 0.481 e. The molecule has 20 heavy (non-hydrogen) atoms. The molecule has 0 saturated carbocycles. The van der Waals surface area contributed by atoms with E-state index in [0.29, 0.717) is 13.1 Å². The molecule has 0 aromatic rings. The highest BCUT2D eigenvalue weighted by molar-refractivity contribution is 5.78. The number of likely N-dealkylation sites (tertiary alicyclic amines) is 1. The number of carbonyl (C=O) groups excluding carboxylic acids is 1. The summed E-state index contributed by atoms with van der Waals surface area (Å²) in [6.07, 6.45) is 3.71. The molecule has 0 aromatic carbocycles. The van der Waals surface area contributed by atoms with Crippen LogP contribution in [0.25, 0.3) is 0 Å². The lowest BCUT2D eigenvalue weighted by atomic mass is 10.1. The summed E-state index contributed by atoms with van der Waals surface area (Å²) in [6, 6.07) is 0. The summed E-state index contributed by atoms with van der Waals surface area (Å²) >= 11 is 0. The number of aliphatic carboxylic acids is 1. The third-order valence-electron chi connectivity index (χ3n) is 4.17. The van der Waals surface area contributed by atoms with Crippen LogP contribution in [0.3, 0.4) is 0 Å². The maximum atomic E-state index is 12.2. The maximum Gasteiger partial charge on any atom is 0.304 e. The van der Waals surface area contributed by atoms with Crippen molar-refractivity contribution >= 4 is 11.9 Å². The molecule has 0 bridgehead atoms. The number of amides is 1. The standard InChI is InChI=1S/C14H25N3O3/c18-13(17-5-2-1-3-6-17)12-16-10-8-15(9-11-16)7-4-14(19)20/h1-12H2,(H,19,20). The van der Waals surface area contributed by atoms with E-state index in [9.17, 15) is 9.59 Å². The van der Waals surface area contributed by atoms with Gasteiger partial charge in [0.15, 0.2) is 0 Å². The Morgan fingerprint density at radius 3 is 2.05 bits per heavy atom. The van der Waals surface area contributed by atoms with Crippen LogP contribution in [0.5, 0.6) is 0 Å². The number of piperidine rings is 1. The van der Waals surface area contributed by atoms with Gasteiger partial charge in [-0.2, -0.15) is 0 Å². The molecule has 2 heterocycles. The number of piperazine rings is 1. The predicted octanol–water partition coefficient (Wildman–Crippen LogP) is 0.0912. The van der Waals surface area contributed by atoms with Gasteiger partial charge >= 0.3 is 5.97 Å². The molecule has 0 atom stereocenters. The Kier molecular flexibility index (Phi) is 5.79. The lowest BCUT2D eigenvalue weighted by Gasteiger charge is -2.35. The first kappa shape index (κ1) is 15.3. The summed E-state index contributed by atoms with van der Waals surface area (Å²) < 4.78 is 0. The first-order valence-electron chi connectivity index (χ1n) is 7.59. The second kappa shape index (κ2) is 7.59. The van der Waals surface area contributed by atoms with Crippen LogP contribution in [-0.2, 0) is 9.59 Å². The van der Waals surface area contributed by atoms with Gasteiger partial charge in [0.1, 0.15) is 0 Å². The molecular weight excluding hydrogens is 258 g/mol. The molecule has 2 saturated heterocycles. The summed E-state index contributed by atoms with van der Waals surface area (Å²) in [5.41, 5.74) is 0. The molecule has 6 nitrogen and oxygen atoms in total. The molecule has 1 N–H and O–H groups in total. The lowest BCUT2D eigenvalue weighted by Crippen LogP contribution is -2.50. The second-order valence-corrected chi connectivity index (χ2v) is 5.70. The Labute approximate surface area is 120 Å². The van der Waals surface area contributed by atoms with Gasteiger partial charge in [-0.05, 0) is 19.3 Å². The fourth-order valence-electron chi connectivity index (χ4n) is 2.86. The van der Waals surface area contributed by atoms with E-state index in [-0.39, 0.29) is 12.3 Å². The van der Waals surface area contributed by atoms with Gasteiger partial charge in [-0.1, -0.05) is 0 Å². The van der Waals surface area contributed by atoms with Gasteiger partial charge < -0.3 is 14.9 Å². The van der Waals surface area contributed by atoms with Crippen LogP contribution in [0.4, 0.5) is 0 Å². The summed E-state index contributed by atoms with van der Waals surface area (Å²) in [5, 5.41) is 8.67. The fraction of sp³-hybridized carbons (Fsp3) is 0.857. The van der Waals surface area contributed by atoms with Gasteiger partial charge in [-0.3, -0.25) is 14.5 Å². The third kappa shape index (κ3) is 4.76. The van der Waals surface area contributed by atoms with Gasteiger partial charge in [0.2, 0.25) is 5.91 Å². The van der Waals surface area contributed by atoms with Gasteiger partial charge in [-0.25, -0.2) is 0 Å². The Hall–Kier alpha value is -1.14. The molecule has 2 rings (SSSR count). The predicted molar refractivity (Wildman–Crippen MR) is 75.6 cm³/mol. The first-order valence-corrected chi connectivity index (χ1v) is 7.59. The Morgan fingerprint density at radius 1 is 0.850 bits per heavy atom. The highest BCUT2D eigenvalue weighted by Crippen LogP contribution is 2.10. The van der Waals surface area contributed by atoms with E-state index in [0.717, 1.165) is 52.1 Å². The molecule has 0 unspecified atom stereocenters. The van der Waals surface area contributed by atoms with E-state index in [1.807, 2.05) is 4.90 Å². The third-order valence-corrected chi connectivity index (χ3v) is 4.17. The van der Waals surface area contributed by atoms with E-state index in [1.54, 1.807) is 0 Å². The normalized spacial score (nSPS) is 21.9. The van der Waals surface area contributed by atoms with Gasteiger partial charge in [0.25, 0.3) is 0 Å². The first-order chi connectivity index (χ1) is 9.65. The zero-order valence-electron chi connectivity index (χ0n) is 12.1. The van der Waals surface area contributed by atoms with E-state index in [2.05, 4.69) is 9.80 Å². The minimum atomic E-state index is -0.743. The van der Waals surface area contributed by atoms with Crippen molar-refractivity contribution in [3.8, 4) is 0 Å².